The minimum absolute atomic E-state index is 0.0341. The van der Waals surface area contributed by atoms with E-state index in [1.807, 2.05) is 60.7 Å². The van der Waals surface area contributed by atoms with Crippen LogP contribution in [0.1, 0.15) is 19.3 Å². The Labute approximate surface area is 204 Å². The summed E-state index contributed by atoms with van der Waals surface area (Å²) in [6.45, 7) is 0.523. The van der Waals surface area contributed by atoms with Gasteiger partial charge in [-0.15, -0.1) is 0 Å². The van der Waals surface area contributed by atoms with E-state index in [9.17, 15) is 9.59 Å². The van der Waals surface area contributed by atoms with E-state index in [2.05, 4.69) is 28.1 Å². The molecule has 8 heteroatoms. The average molecular weight is 471 g/mol. The van der Waals surface area contributed by atoms with Gasteiger partial charge in [0.1, 0.15) is 0 Å². The zero-order chi connectivity index (χ0) is 24.6. The van der Waals surface area contributed by atoms with Gasteiger partial charge in [0.2, 0.25) is 11.8 Å². The van der Waals surface area contributed by atoms with Crippen molar-refractivity contribution < 1.29 is 9.59 Å². The molecule has 1 aromatic heterocycles. The van der Waals surface area contributed by atoms with Gasteiger partial charge in [0.05, 0.1) is 29.3 Å². The number of rotatable bonds is 10. The predicted molar refractivity (Wildman–Crippen MR) is 141 cm³/mol. The molecule has 2 amide bonds. The molecule has 0 aliphatic heterocycles. The van der Waals surface area contributed by atoms with Crippen LogP contribution >= 0.6 is 0 Å². The van der Waals surface area contributed by atoms with Gasteiger partial charge in [-0.2, -0.15) is 0 Å². The minimum atomic E-state index is -0.712. The van der Waals surface area contributed by atoms with Crippen molar-refractivity contribution in [1.82, 2.24) is 10.3 Å². The van der Waals surface area contributed by atoms with Crippen LogP contribution in [0.3, 0.4) is 0 Å². The van der Waals surface area contributed by atoms with Crippen LogP contribution in [0.15, 0.2) is 72.8 Å². The molecule has 0 bridgehead atoms. The fourth-order valence-electron chi connectivity index (χ4n) is 3.89. The lowest BCUT2D eigenvalue weighted by molar-refractivity contribution is -0.130. The molecular weight excluding hydrogens is 440 g/mol. The van der Waals surface area contributed by atoms with Crippen molar-refractivity contribution in [2.24, 2.45) is 11.5 Å². The zero-order valence-electron chi connectivity index (χ0n) is 19.5. The Morgan fingerprint density at radius 1 is 0.829 bits per heavy atom. The average Bonchev–Trinajstić information content (AvgIpc) is 2.88. The fraction of sp³-hybridized carbons (Fsp3) is 0.222. The van der Waals surface area contributed by atoms with Gasteiger partial charge in [-0.3, -0.25) is 14.9 Å². The molecule has 4 aromatic rings. The van der Waals surface area contributed by atoms with E-state index in [0.717, 1.165) is 51.7 Å². The summed E-state index contributed by atoms with van der Waals surface area (Å²) in [7, 11) is 0. The Bertz CT molecular complexity index is 1270. The van der Waals surface area contributed by atoms with Gasteiger partial charge < -0.3 is 22.1 Å². The summed E-state index contributed by atoms with van der Waals surface area (Å²) in [6, 6.07) is 23.0. The third kappa shape index (κ3) is 6.11. The van der Waals surface area contributed by atoms with Gasteiger partial charge in [-0.25, -0.2) is 4.98 Å². The molecule has 7 N–H and O–H groups in total. The number of hydrogen-bond donors (Lipinski definition) is 5. The van der Waals surface area contributed by atoms with E-state index in [4.69, 9.17) is 16.5 Å². The Morgan fingerprint density at radius 3 is 2.06 bits per heavy atom. The number of aromatic nitrogens is 1. The fourth-order valence-corrected chi connectivity index (χ4v) is 3.89. The van der Waals surface area contributed by atoms with E-state index in [0.29, 0.717) is 13.0 Å². The molecule has 0 radical (unpaired) electrons. The number of benzene rings is 3. The maximum atomic E-state index is 12.1. The SMILES string of the molecule is NCCCC[C@H](N)C(=O)NC(=O)CNc1ccc(Nc2c3ccccc3nc3ccccc23)cc1. The summed E-state index contributed by atoms with van der Waals surface area (Å²) in [5, 5.41) is 11.0. The molecule has 0 aliphatic carbocycles. The molecule has 0 unspecified atom stereocenters. The van der Waals surface area contributed by atoms with Crippen LogP contribution in [0.25, 0.3) is 21.8 Å². The predicted octanol–water partition coefficient (Wildman–Crippen LogP) is 3.64. The molecule has 1 atom stereocenters. The van der Waals surface area contributed by atoms with Gasteiger partial charge in [0.25, 0.3) is 0 Å². The molecule has 8 nitrogen and oxygen atoms in total. The number of amides is 2. The van der Waals surface area contributed by atoms with Gasteiger partial charge in [0.15, 0.2) is 0 Å². The number of fused-ring (bicyclic) bond motifs is 2. The lowest BCUT2D eigenvalue weighted by Crippen LogP contribution is -2.45. The number of para-hydroxylation sites is 2. The molecule has 0 saturated heterocycles. The summed E-state index contributed by atoms with van der Waals surface area (Å²) >= 11 is 0. The van der Waals surface area contributed by atoms with Gasteiger partial charge in [-0.1, -0.05) is 42.8 Å². The van der Waals surface area contributed by atoms with Crippen molar-refractivity contribution >= 4 is 50.7 Å². The number of carbonyl (C=O) groups excluding carboxylic acids is 2. The highest BCUT2D eigenvalue weighted by molar-refractivity contribution is 6.08. The van der Waals surface area contributed by atoms with Crippen LogP contribution < -0.4 is 27.4 Å². The molecule has 0 fully saturated rings. The summed E-state index contributed by atoms with van der Waals surface area (Å²) in [6.07, 6.45) is 2.05. The number of nitrogens with two attached hydrogens (primary N) is 2. The highest BCUT2D eigenvalue weighted by atomic mass is 16.2. The van der Waals surface area contributed by atoms with Crippen molar-refractivity contribution in [1.29, 1.82) is 0 Å². The molecule has 4 rings (SSSR count). The van der Waals surface area contributed by atoms with E-state index >= 15 is 0 Å². The number of imide groups is 1. The number of carbonyl (C=O) groups is 2. The smallest absolute Gasteiger partial charge is 0.245 e. The molecule has 0 aliphatic rings. The summed E-state index contributed by atoms with van der Waals surface area (Å²) in [4.78, 5) is 28.9. The quantitative estimate of drug-likeness (QED) is 0.176. The van der Waals surface area contributed by atoms with Crippen molar-refractivity contribution in [3.63, 3.8) is 0 Å². The Balaban J connectivity index is 1.38. The summed E-state index contributed by atoms with van der Waals surface area (Å²) in [5.41, 5.74) is 15.8. The number of unbranched alkanes of at least 4 members (excludes halogenated alkanes) is 1. The van der Waals surface area contributed by atoms with Crippen LogP contribution in [-0.2, 0) is 9.59 Å². The Kier molecular flexibility index (Phi) is 7.87. The zero-order valence-corrected chi connectivity index (χ0v) is 19.5. The molecular formula is C27H30N6O2. The topological polar surface area (TPSA) is 135 Å². The van der Waals surface area contributed by atoms with Gasteiger partial charge in [-0.05, 0) is 55.8 Å². The first-order valence-corrected chi connectivity index (χ1v) is 11.7. The Morgan fingerprint density at radius 2 is 1.43 bits per heavy atom. The van der Waals surface area contributed by atoms with Crippen LogP contribution in [0.4, 0.5) is 17.1 Å². The van der Waals surface area contributed by atoms with Crippen LogP contribution in [0.2, 0.25) is 0 Å². The highest BCUT2D eigenvalue weighted by Gasteiger charge is 2.15. The first-order chi connectivity index (χ1) is 17.0. The first kappa shape index (κ1) is 24.1. The van der Waals surface area contributed by atoms with Crippen molar-refractivity contribution in [2.75, 3.05) is 23.7 Å². The standard InChI is InChI=1S/C27H30N6O2/c28-16-6-5-9-22(29)27(35)33-25(34)17-30-18-12-14-19(15-13-18)31-26-20-7-1-3-10-23(20)32-24-11-4-2-8-21(24)26/h1-4,7-8,10-15,22,30H,5-6,9,16-17,28-29H2,(H,31,32)(H,33,34,35)/t22-/m0/s1. The molecule has 35 heavy (non-hydrogen) atoms. The van der Waals surface area contributed by atoms with E-state index < -0.39 is 17.9 Å². The largest absolute Gasteiger partial charge is 0.376 e. The molecule has 0 spiro atoms. The summed E-state index contributed by atoms with van der Waals surface area (Å²) in [5.74, 6) is -0.897. The normalized spacial score (nSPS) is 11.8. The second-order valence-corrected chi connectivity index (χ2v) is 8.38. The number of pyridine rings is 1. The summed E-state index contributed by atoms with van der Waals surface area (Å²) < 4.78 is 0. The van der Waals surface area contributed by atoms with Gasteiger partial charge >= 0.3 is 0 Å². The second kappa shape index (κ2) is 11.4. The number of anilines is 3. The lowest BCUT2D eigenvalue weighted by atomic mass is 10.1. The maximum absolute atomic E-state index is 12.1. The van der Waals surface area contributed by atoms with Gasteiger partial charge in [0, 0.05) is 22.1 Å². The molecule has 1 heterocycles. The third-order valence-electron chi connectivity index (χ3n) is 5.76. The minimum Gasteiger partial charge on any atom is -0.376 e. The Hall–Kier alpha value is -4.01. The molecule has 0 saturated carbocycles. The number of nitrogens with zero attached hydrogens (tertiary/aromatic N) is 1. The first-order valence-electron chi connectivity index (χ1n) is 11.7. The van der Waals surface area contributed by atoms with Crippen LogP contribution in [0, 0.1) is 0 Å². The number of hydrogen-bond acceptors (Lipinski definition) is 7. The van der Waals surface area contributed by atoms with Crippen LogP contribution in [-0.4, -0.2) is 35.9 Å². The van der Waals surface area contributed by atoms with Crippen molar-refractivity contribution in [3.05, 3.63) is 72.8 Å². The van der Waals surface area contributed by atoms with E-state index in [-0.39, 0.29) is 6.54 Å². The highest BCUT2D eigenvalue weighted by Crippen LogP contribution is 2.33. The monoisotopic (exact) mass is 470 g/mol. The lowest BCUT2D eigenvalue weighted by Gasteiger charge is -2.14. The maximum Gasteiger partial charge on any atom is 0.245 e. The molecule has 3 aromatic carbocycles. The van der Waals surface area contributed by atoms with Crippen LogP contribution in [0.5, 0.6) is 0 Å². The molecule has 180 valence electrons. The van der Waals surface area contributed by atoms with Crippen molar-refractivity contribution in [3.8, 4) is 0 Å². The second-order valence-electron chi connectivity index (χ2n) is 8.38. The third-order valence-corrected chi connectivity index (χ3v) is 5.76. The van der Waals surface area contributed by atoms with E-state index in [1.165, 1.54) is 0 Å². The van der Waals surface area contributed by atoms with E-state index in [1.54, 1.807) is 0 Å². The number of nitrogens with one attached hydrogen (secondary N) is 3. The van der Waals surface area contributed by atoms with Crippen molar-refractivity contribution in [2.45, 2.75) is 25.3 Å².